The molecule has 0 radical (unpaired) electrons. The molecule has 0 unspecified atom stereocenters. The highest BCUT2D eigenvalue weighted by Crippen LogP contribution is 2.27. The van der Waals surface area contributed by atoms with Crippen molar-refractivity contribution in [3.63, 3.8) is 0 Å². The van der Waals surface area contributed by atoms with E-state index in [1.54, 1.807) is 0 Å². The average molecular weight is 297 g/mol. The first kappa shape index (κ1) is 11.7. The number of rotatable bonds is 4. The number of hydrogen-bond acceptors (Lipinski definition) is 3. The highest BCUT2D eigenvalue weighted by Gasteiger charge is 2.03. The number of fused-ring (bicyclic) bond motifs is 1. The lowest BCUT2D eigenvalue weighted by atomic mass is 10.2. The quantitative estimate of drug-likeness (QED) is 0.870. The van der Waals surface area contributed by atoms with Crippen molar-refractivity contribution >= 4 is 44.3 Å². The predicted octanol–water partition coefficient (Wildman–Crippen LogP) is 3.77. The van der Waals surface area contributed by atoms with Gasteiger partial charge in [-0.05, 0) is 34.3 Å². The van der Waals surface area contributed by atoms with Crippen molar-refractivity contribution in [1.82, 2.24) is 4.98 Å². The summed E-state index contributed by atoms with van der Waals surface area (Å²) in [7, 11) is 0. The molecule has 2 aromatic rings. The molecule has 0 aliphatic rings. The van der Waals surface area contributed by atoms with Crippen LogP contribution in [0.2, 0.25) is 0 Å². The van der Waals surface area contributed by atoms with E-state index in [1.807, 2.05) is 36.2 Å². The molecule has 1 aromatic heterocycles. The highest BCUT2D eigenvalue weighted by molar-refractivity contribution is 9.10. The zero-order valence-corrected chi connectivity index (χ0v) is 11.4. The van der Waals surface area contributed by atoms with Gasteiger partial charge in [0.1, 0.15) is 0 Å². The van der Waals surface area contributed by atoms with Gasteiger partial charge in [-0.15, -0.1) is 0 Å². The van der Waals surface area contributed by atoms with E-state index in [0.717, 1.165) is 33.4 Å². The van der Waals surface area contributed by atoms with Crippen LogP contribution in [0.4, 0.5) is 5.69 Å². The highest BCUT2D eigenvalue weighted by atomic mass is 79.9. The summed E-state index contributed by atoms with van der Waals surface area (Å²) in [5, 5.41) is 4.60. The van der Waals surface area contributed by atoms with E-state index in [4.69, 9.17) is 0 Å². The van der Waals surface area contributed by atoms with Crippen molar-refractivity contribution in [3.05, 3.63) is 34.9 Å². The first-order valence-electron chi connectivity index (χ1n) is 5.09. The van der Waals surface area contributed by atoms with Gasteiger partial charge in [0.2, 0.25) is 0 Å². The summed E-state index contributed by atoms with van der Waals surface area (Å²) in [6, 6.07) is 8.17. The monoisotopic (exact) mass is 296 g/mol. The second kappa shape index (κ2) is 5.55. The third kappa shape index (κ3) is 2.50. The molecule has 0 spiro atoms. The number of aromatic nitrogens is 1. The third-order valence-electron chi connectivity index (χ3n) is 2.34. The number of pyridine rings is 1. The first-order valence-corrected chi connectivity index (χ1v) is 7.27. The normalized spacial score (nSPS) is 10.6. The van der Waals surface area contributed by atoms with Crippen LogP contribution < -0.4 is 5.32 Å². The number of anilines is 1. The Morgan fingerprint density at radius 2 is 2.25 bits per heavy atom. The first-order chi connectivity index (χ1) is 7.83. The summed E-state index contributed by atoms with van der Waals surface area (Å²) in [6.07, 6.45) is 3.96. The zero-order chi connectivity index (χ0) is 11.4. The van der Waals surface area contributed by atoms with Crippen LogP contribution in [-0.4, -0.2) is 23.5 Å². The predicted molar refractivity (Wildman–Crippen MR) is 76.3 cm³/mol. The Labute approximate surface area is 108 Å². The van der Waals surface area contributed by atoms with Crippen molar-refractivity contribution in [2.75, 3.05) is 23.9 Å². The van der Waals surface area contributed by atoms with Crippen LogP contribution in [0.25, 0.3) is 10.9 Å². The average Bonchev–Trinajstić information content (AvgIpc) is 2.31. The van der Waals surface area contributed by atoms with Gasteiger partial charge in [0.15, 0.2) is 0 Å². The van der Waals surface area contributed by atoms with Gasteiger partial charge in [-0.1, -0.05) is 12.1 Å². The lowest BCUT2D eigenvalue weighted by Crippen LogP contribution is -2.04. The number of benzene rings is 1. The molecule has 4 heteroatoms. The van der Waals surface area contributed by atoms with Crippen molar-refractivity contribution in [2.45, 2.75) is 0 Å². The minimum Gasteiger partial charge on any atom is -0.384 e. The van der Waals surface area contributed by atoms with Gasteiger partial charge in [0, 0.05) is 34.0 Å². The van der Waals surface area contributed by atoms with Gasteiger partial charge in [-0.2, -0.15) is 11.8 Å². The fourth-order valence-electron chi connectivity index (χ4n) is 1.58. The molecule has 1 heterocycles. The molecule has 0 aliphatic heterocycles. The van der Waals surface area contributed by atoms with Gasteiger partial charge >= 0.3 is 0 Å². The van der Waals surface area contributed by atoms with Crippen LogP contribution in [0, 0.1) is 0 Å². The molecule has 0 fully saturated rings. The van der Waals surface area contributed by atoms with Crippen LogP contribution in [0.3, 0.4) is 0 Å². The maximum absolute atomic E-state index is 4.38. The summed E-state index contributed by atoms with van der Waals surface area (Å²) in [6.45, 7) is 0.979. The zero-order valence-electron chi connectivity index (χ0n) is 9.03. The van der Waals surface area contributed by atoms with Crippen molar-refractivity contribution in [2.24, 2.45) is 0 Å². The number of thioether (sulfide) groups is 1. The smallest absolute Gasteiger partial charge is 0.0864 e. The van der Waals surface area contributed by atoms with Crippen molar-refractivity contribution in [1.29, 1.82) is 0 Å². The Morgan fingerprint density at radius 3 is 3.06 bits per heavy atom. The molecule has 0 saturated heterocycles. The van der Waals surface area contributed by atoms with E-state index >= 15 is 0 Å². The molecule has 1 N–H and O–H groups in total. The molecule has 0 saturated carbocycles. The standard InChI is InChI=1S/C12H13BrN2S/c1-16-8-7-14-11-5-6-15-12-9(11)3-2-4-10(12)13/h2-6H,7-8H2,1H3,(H,14,15). The maximum atomic E-state index is 4.38. The van der Waals surface area contributed by atoms with E-state index in [2.05, 4.69) is 38.6 Å². The summed E-state index contributed by atoms with van der Waals surface area (Å²) in [5.74, 6) is 1.11. The molecule has 0 bridgehead atoms. The lowest BCUT2D eigenvalue weighted by molar-refractivity contribution is 1.23. The fourth-order valence-corrected chi connectivity index (χ4v) is 2.36. The molecule has 1 aromatic carbocycles. The number of para-hydroxylation sites is 1. The van der Waals surface area contributed by atoms with Crippen LogP contribution in [0.1, 0.15) is 0 Å². The summed E-state index contributed by atoms with van der Waals surface area (Å²) in [5.41, 5.74) is 2.16. The minimum absolute atomic E-state index is 0.979. The molecular formula is C12H13BrN2S. The molecule has 0 amide bonds. The Morgan fingerprint density at radius 1 is 1.38 bits per heavy atom. The molecule has 0 aliphatic carbocycles. The topological polar surface area (TPSA) is 24.9 Å². The summed E-state index contributed by atoms with van der Waals surface area (Å²) >= 11 is 5.36. The van der Waals surface area contributed by atoms with E-state index < -0.39 is 0 Å². The van der Waals surface area contributed by atoms with Gasteiger partial charge < -0.3 is 5.32 Å². The number of hydrogen-bond donors (Lipinski definition) is 1. The van der Waals surface area contributed by atoms with Crippen molar-refractivity contribution < 1.29 is 0 Å². The Kier molecular flexibility index (Phi) is 4.07. The van der Waals surface area contributed by atoms with E-state index in [-0.39, 0.29) is 0 Å². The second-order valence-electron chi connectivity index (χ2n) is 3.41. The Hall–Kier alpha value is -0.740. The van der Waals surface area contributed by atoms with Gasteiger partial charge in [-0.25, -0.2) is 0 Å². The minimum atomic E-state index is 0.979. The number of nitrogens with zero attached hydrogens (tertiary/aromatic N) is 1. The Bertz CT molecular complexity index is 487. The second-order valence-corrected chi connectivity index (χ2v) is 5.25. The van der Waals surface area contributed by atoms with E-state index in [0.29, 0.717) is 0 Å². The summed E-state index contributed by atoms with van der Waals surface area (Å²) in [4.78, 5) is 4.38. The van der Waals surface area contributed by atoms with E-state index in [9.17, 15) is 0 Å². The van der Waals surface area contributed by atoms with Gasteiger partial charge in [0.25, 0.3) is 0 Å². The van der Waals surface area contributed by atoms with Gasteiger partial charge in [-0.3, -0.25) is 4.98 Å². The third-order valence-corrected chi connectivity index (χ3v) is 3.60. The summed E-state index contributed by atoms with van der Waals surface area (Å²) < 4.78 is 1.04. The van der Waals surface area contributed by atoms with E-state index in [1.165, 1.54) is 0 Å². The number of nitrogens with one attached hydrogen (secondary N) is 1. The molecular weight excluding hydrogens is 284 g/mol. The van der Waals surface area contributed by atoms with Crippen LogP contribution in [0.15, 0.2) is 34.9 Å². The Balaban J connectivity index is 2.34. The molecule has 2 rings (SSSR count). The SMILES string of the molecule is CSCCNc1ccnc2c(Br)cccc12. The fraction of sp³-hybridized carbons (Fsp3) is 0.250. The molecule has 2 nitrogen and oxygen atoms in total. The molecule has 16 heavy (non-hydrogen) atoms. The van der Waals surface area contributed by atoms with Crippen LogP contribution in [-0.2, 0) is 0 Å². The lowest BCUT2D eigenvalue weighted by Gasteiger charge is -2.09. The van der Waals surface area contributed by atoms with Gasteiger partial charge in [0.05, 0.1) is 5.52 Å². The van der Waals surface area contributed by atoms with Crippen LogP contribution >= 0.6 is 27.7 Å². The van der Waals surface area contributed by atoms with Crippen LogP contribution in [0.5, 0.6) is 0 Å². The molecule has 84 valence electrons. The number of halogens is 1. The molecule has 0 atom stereocenters. The largest absolute Gasteiger partial charge is 0.384 e. The van der Waals surface area contributed by atoms with Crippen molar-refractivity contribution in [3.8, 4) is 0 Å². The maximum Gasteiger partial charge on any atom is 0.0864 e.